The number of rotatable bonds is 4. The maximum absolute atomic E-state index is 5.94. The number of imidazole rings is 1. The highest BCUT2D eigenvalue weighted by Gasteiger charge is 2.01. The molecule has 0 radical (unpaired) electrons. The van der Waals surface area contributed by atoms with E-state index in [0.717, 1.165) is 23.4 Å². The molecule has 0 atom stereocenters. The van der Waals surface area contributed by atoms with Gasteiger partial charge in [-0.3, -0.25) is 0 Å². The van der Waals surface area contributed by atoms with E-state index in [2.05, 4.69) is 34.3 Å². The summed E-state index contributed by atoms with van der Waals surface area (Å²) in [4.78, 5) is 8.84. The highest BCUT2D eigenvalue weighted by molar-refractivity contribution is 14.0. The van der Waals surface area contributed by atoms with Crippen LogP contribution in [0, 0.1) is 0 Å². The molecule has 0 unspecified atom stereocenters. The lowest BCUT2D eigenvalue weighted by molar-refractivity contribution is 1.01. The van der Waals surface area contributed by atoms with Crippen LogP contribution in [0.1, 0.15) is 18.2 Å². The number of nitrogens with two attached hydrogens (primary N) is 1. The van der Waals surface area contributed by atoms with E-state index in [0.29, 0.717) is 12.5 Å². The lowest BCUT2D eigenvalue weighted by Gasteiger charge is -2.06. The van der Waals surface area contributed by atoms with E-state index in [4.69, 9.17) is 5.73 Å². The number of guanidine groups is 1. The van der Waals surface area contributed by atoms with Crippen molar-refractivity contribution in [2.75, 3.05) is 5.32 Å². The maximum atomic E-state index is 5.94. The van der Waals surface area contributed by atoms with Crippen LogP contribution in [-0.4, -0.2) is 15.3 Å². The second kappa shape index (κ2) is 7.96. The van der Waals surface area contributed by atoms with Crippen LogP contribution in [0.3, 0.4) is 0 Å². The Balaban J connectivity index is 0.00000192. The molecule has 0 spiro atoms. The number of anilines is 1. The molecule has 23 heavy (non-hydrogen) atoms. The molecule has 6 heteroatoms. The van der Waals surface area contributed by atoms with E-state index < -0.39 is 0 Å². The Hall–Kier alpha value is -2.09. The number of benzene rings is 1. The molecule has 0 aliphatic rings. The summed E-state index contributed by atoms with van der Waals surface area (Å²) in [6, 6.07) is 14.1. The van der Waals surface area contributed by atoms with Gasteiger partial charge in [0.15, 0.2) is 5.96 Å². The molecule has 1 aromatic carbocycles. The first kappa shape index (κ1) is 17.3. The number of fused-ring (bicyclic) bond motifs is 1. The second-order valence-electron chi connectivity index (χ2n) is 5.08. The van der Waals surface area contributed by atoms with E-state index in [1.54, 1.807) is 0 Å². The van der Waals surface area contributed by atoms with E-state index in [-0.39, 0.29) is 24.0 Å². The van der Waals surface area contributed by atoms with E-state index in [9.17, 15) is 0 Å². The molecule has 3 N–H and O–H groups in total. The summed E-state index contributed by atoms with van der Waals surface area (Å²) in [6.45, 7) is 2.58. The maximum Gasteiger partial charge on any atom is 0.193 e. The van der Waals surface area contributed by atoms with E-state index in [1.165, 1.54) is 5.56 Å². The van der Waals surface area contributed by atoms with Crippen molar-refractivity contribution < 1.29 is 0 Å². The van der Waals surface area contributed by atoms with Gasteiger partial charge in [-0.1, -0.05) is 25.1 Å². The number of aromatic nitrogens is 2. The Bertz CT molecular complexity index is 776. The van der Waals surface area contributed by atoms with Gasteiger partial charge in [0.05, 0.1) is 12.2 Å². The molecule has 0 bridgehead atoms. The lowest BCUT2D eigenvalue weighted by atomic mass is 10.1. The van der Waals surface area contributed by atoms with Gasteiger partial charge < -0.3 is 15.5 Å². The molecule has 0 saturated heterocycles. The number of pyridine rings is 1. The van der Waals surface area contributed by atoms with E-state index >= 15 is 0 Å². The number of halogens is 1. The standard InChI is InChI=1S/C17H19N5.HI/c1-2-13-6-5-7-14(10-13)21-17(18)19-11-15-12-22-9-4-3-8-16(22)20-15;/h3-10,12H,2,11H2,1H3,(H3,18,19,21);1H. The molecule has 0 saturated carbocycles. The third-order valence-electron chi connectivity index (χ3n) is 3.43. The van der Waals surface area contributed by atoms with Gasteiger partial charge in [-0.05, 0) is 36.2 Å². The minimum atomic E-state index is 0. The van der Waals surface area contributed by atoms with Gasteiger partial charge in [0.1, 0.15) is 5.65 Å². The van der Waals surface area contributed by atoms with Crippen molar-refractivity contribution in [2.45, 2.75) is 19.9 Å². The Kier molecular flexibility index (Phi) is 5.97. The van der Waals surface area contributed by atoms with Crippen molar-refractivity contribution in [3.8, 4) is 0 Å². The van der Waals surface area contributed by atoms with E-state index in [1.807, 2.05) is 47.1 Å². The molecule has 2 heterocycles. The quantitative estimate of drug-likeness (QED) is 0.385. The molecule has 3 aromatic rings. The summed E-state index contributed by atoms with van der Waals surface area (Å²) in [7, 11) is 0. The molecular weight excluding hydrogens is 401 g/mol. The zero-order valence-electron chi connectivity index (χ0n) is 12.9. The van der Waals surface area contributed by atoms with Gasteiger partial charge in [0, 0.05) is 18.1 Å². The number of nitrogens with one attached hydrogen (secondary N) is 1. The molecule has 3 rings (SSSR count). The number of aliphatic imine (C=N–C) groups is 1. The van der Waals surface area contributed by atoms with Crippen LogP contribution >= 0.6 is 24.0 Å². The molecular formula is C17H20IN5. The topological polar surface area (TPSA) is 67.7 Å². The summed E-state index contributed by atoms with van der Waals surface area (Å²) in [5.41, 5.74) is 9.96. The highest BCUT2D eigenvalue weighted by Crippen LogP contribution is 2.11. The SMILES string of the molecule is CCc1cccc(NC(N)=NCc2cn3ccccc3n2)c1.I. The molecule has 120 valence electrons. The van der Waals surface area contributed by atoms with Crippen LogP contribution in [0.15, 0.2) is 59.9 Å². The van der Waals surface area contributed by atoms with Crippen molar-refractivity contribution in [1.82, 2.24) is 9.38 Å². The Labute approximate surface area is 152 Å². The van der Waals surface area contributed by atoms with Gasteiger partial charge in [0.25, 0.3) is 0 Å². The number of aryl methyl sites for hydroxylation is 1. The van der Waals surface area contributed by atoms with Crippen molar-refractivity contribution in [1.29, 1.82) is 0 Å². The third-order valence-corrected chi connectivity index (χ3v) is 3.43. The smallest absolute Gasteiger partial charge is 0.193 e. The van der Waals surface area contributed by atoms with Crippen LogP contribution in [0.5, 0.6) is 0 Å². The first-order chi connectivity index (χ1) is 10.7. The third kappa shape index (κ3) is 4.44. The Morgan fingerprint density at radius 3 is 2.91 bits per heavy atom. The van der Waals surface area contributed by atoms with Crippen molar-refractivity contribution in [3.63, 3.8) is 0 Å². The number of hydrogen-bond acceptors (Lipinski definition) is 2. The fourth-order valence-corrected chi connectivity index (χ4v) is 2.29. The predicted octanol–water partition coefficient (Wildman–Crippen LogP) is 3.44. The fraction of sp³-hybridized carbons (Fsp3) is 0.176. The number of nitrogens with zero attached hydrogens (tertiary/aromatic N) is 3. The number of hydrogen-bond donors (Lipinski definition) is 2. The largest absolute Gasteiger partial charge is 0.370 e. The molecule has 0 aliphatic heterocycles. The summed E-state index contributed by atoms with van der Waals surface area (Å²) in [5.74, 6) is 0.394. The average molecular weight is 421 g/mol. The zero-order chi connectivity index (χ0) is 15.4. The van der Waals surface area contributed by atoms with Crippen molar-refractivity contribution in [3.05, 3.63) is 66.1 Å². The summed E-state index contributed by atoms with van der Waals surface area (Å²) < 4.78 is 1.97. The molecule has 0 fully saturated rings. The highest BCUT2D eigenvalue weighted by atomic mass is 127. The minimum Gasteiger partial charge on any atom is -0.370 e. The Morgan fingerprint density at radius 1 is 1.26 bits per heavy atom. The van der Waals surface area contributed by atoms with Crippen molar-refractivity contribution >= 4 is 41.3 Å². The van der Waals surface area contributed by atoms with Gasteiger partial charge in [0.2, 0.25) is 0 Å². The predicted molar refractivity (Wildman–Crippen MR) is 105 cm³/mol. The first-order valence-corrected chi connectivity index (χ1v) is 7.33. The molecule has 0 amide bonds. The van der Waals surface area contributed by atoms with Gasteiger partial charge in [-0.25, -0.2) is 9.98 Å². The van der Waals surface area contributed by atoms with Gasteiger partial charge in [-0.15, -0.1) is 24.0 Å². The fourth-order valence-electron chi connectivity index (χ4n) is 2.29. The zero-order valence-corrected chi connectivity index (χ0v) is 15.3. The monoisotopic (exact) mass is 421 g/mol. The van der Waals surface area contributed by atoms with Crippen LogP contribution < -0.4 is 11.1 Å². The van der Waals surface area contributed by atoms with Gasteiger partial charge >= 0.3 is 0 Å². The molecule has 2 aromatic heterocycles. The lowest BCUT2D eigenvalue weighted by Crippen LogP contribution is -2.22. The second-order valence-corrected chi connectivity index (χ2v) is 5.08. The molecule has 5 nitrogen and oxygen atoms in total. The minimum absolute atomic E-state index is 0. The van der Waals surface area contributed by atoms with Crippen molar-refractivity contribution in [2.24, 2.45) is 10.7 Å². The summed E-state index contributed by atoms with van der Waals surface area (Å²) in [6.07, 6.45) is 4.92. The van der Waals surface area contributed by atoms with Crippen LogP contribution in [0.4, 0.5) is 5.69 Å². The van der Waals surface area contributed by atoms with Crippen LogP contribution in [0.25, 0.3) is 5.65 Å². The van der Waals surface area contributed by atoms with Crippen LogP contribution in [-0.2, 0) is 13.0 Å². The first-order valence-electron chi connectivity index (χ1n) is 7.33. The molecule has 0 aliphatic carbocycles. The summed E-state index contributed by atoms with van der Waals surface area (Å²) in [5, 5.41) is 3.11. The average Bonchev–Trinajstić information content (AvgIpc) is 2.96. The normalized spacial score (nSPS) is 11.3. The van der Waals surface area contributed by atoms with Gasteiger partial charge in [-0.2, -0.15) is 0 Å². The summed E-state index contributed by atoms with van der Waals surface area (Å²) >= 11 is 0. The Morgan fingerprint density at radius 2 is 2.13 bits per heavy atom. The van der Waals surface area contributed by atoms with Crippen LogP contribution in [0.2, 0.25) is 0 Å².